The van der Waals surface area contributed by atoms with Crippen LogP contribution in [-0.4, -0.2) is 67.0 Å². The quantitative estimate of drug-likeness (QED) is 0.223. The number of ether oxygens (including phenoxy) is 1. The molecular formula is C20H43IN4O3. The Morgan fingerprint density at radius 2 is 1.86 bits per heavy atom. The monoisotopic (exact) mass is 514 g/mol. The Hall–Kier alpha value is -0.770. The maximum absolute atomic E-state index is 12.2. The van der Waals surface area contributed by atoms with Gasteiger partial charge < -0.3 is 25.4 Å². The van der Waals surface area contributed by atoms with Gasteiger partial charge >= 0.3 is 6.09 Å². The number of hydrogen-bond donors (Lipinski definition) is 3. The fourth-order valence-corrected chi connectivity index (χ4v) is 2.71. The predicted octanol–water partition coefficient (Wildman–Crippen LogP) is 3.46. The third-order valence-electron chi connectivity index (χ3n) is 3.90. The maximum Gasteiger partial charge on any atom is 0.410 e. The van der Waals surface area contributed by atoms with E-state index in [1.165, 1.54) is 0 Å². The molecule has 7 nitrogen and oxygen atoms in total. The number of guanidine groups is 1. The molecule has 0 spiro atoms. The summed E-state index contributed by atoms with van der Waals surface area (Å²) in [6.45, 7) is 17.3. The van der Waals surface area contributed by atoms with E-state index in [1.807, 2.05) is 34.6 Å². The summed E-state index contributed by atoms with van der Waals surface area (Å²) in [4.78, 5) is 18.5. The molecule has 0 aliphatic carbocycles. The molecule has 0 bridgehead atoms. The highest BCUT2D eigenvalue weighted by molar-refractivity contribution is 14.0. The van der Waals surface area contributed by atoms with Crippen molar-refractivity contribution in [3.63, 3.8) is 0 Å². The molecular weight excluding hydrogens is 471 g/mol. The Morgan fingerprint density at radius 1 is 1.21 bits per heavy atom. The summed E-state index contributed by atoms with van der Waals surface area (Å²) in [6, 6.07) is 0. The van der Waals surface area contributed by atoms with Crippen molar-refractivity contribution in [2.75, 3.05) is 39.3 Å². The number of rotatable bonds is 11. The molecule has 8 heteroatoms. The number of aliphatic hydroxyl groups is 1. The van der Waals surface area contributed by atoms with Gasteiger partial charge in [0, 0.05) is 39.3 Å². The second kappa shape index (κ2) is 16.1. The third kappa shape index (κ3) is 15.2. The zero-order valence-electron chi connectivity index (χ0n) is 18.9. The van der Waals surface area contributed by atoms with Crippen LogP contribution in [-0.2, 0) is 4.74 Å². The van der Waals surface area contributed by atoms with E-state index in [1.54, 1.807) is 4.90 Å². The lowest BCUT2D eigenvalue weighted by Crippen LogP contribution is -2.44. The normalized spacial score (nSPS) is 13.0. The minimum absolute atomic E-state index is 0. The van der Waals surface area contributed by atoms with Crippen LogP contribution >= 0.6 is 24.0 Å². The minimum atomic E-state index is -0.494. The molecule has 0 aromatic heterocycles. The van der Waals surface area contributed by atoms with Gasteiger partial charge in [-0.1, -0.05) is 13.8 Å². The van der Waals surface area contributed by atoms with E-state index < -0.39 is 5.60 Å². The Balaban J connectivity index is 0. The SMILES string of the molecule is CCNC(=NCC(CCO)CC(C)C)NCCN(CC)C(=O)OC(C)(C)C.I. The molecule has 1 unspecified atom stereocenters. The number of nitrogens with one attached hydrogen (secondary N) is 2. The van der Waals surface area contributed by atoms with Gasteiger partial charge in [0.25, 0.3) is 0 Å². The summed E-state index contributed by atoms with van der Waals surface area (Å²) < 4.78 is 5.43. The Morgan fingerprint density at radius 3 is 2.32 bits per heavy atom. The molecule has 0 saturated carbocycles. The van der Waals surface area contributed by atoms with Crippen molar-refractivity contribution in [3.8, 4) is 0 Å². The van der Waals surface area contributed by atoms with Crippen LogP contribution in [0.5, 0.6) is 0 Å². The molecule has 28 heavy (non-hydrogen) atoms. The number of carbonyl (C=O) groups excluding carboxylic acids is 1. The molecule has 1 amide bonds. The molecule has 0 saturated heterocycles. The first-order valence-corrected chi connectivity index (χ1v) is 10.2. The first kappa shape index (κ1) is 29.4. The van der Waals surface area contributed by atoms with Crippen LogP contribution in [0.15, 0.2) is 4.99 Å². The van der Waals surface area contributed by atoms with Crippen molar-refractivity contribution >= 4 is 36.0 Å². The molecule has 0 aliphatic rings. The number of halogens is 1. The Labute approximate surface area is 189 Å². The molecule has 0 aliphatic heterocycles. The lowest BCUT2D eigenvalue weighted by atomic mass is 9.94. The lowest BCUT2D eigenvalue weighted by Gasteiger charge is -2.26. The van der Waals surface area contributed by atoms with Gasteiger partial charge in [-0.2, -0.15) is 0 Å². The zero-order chi connectivity index (χ0) is 20.9. The van der Waals surface area contributed by atoms with Crippen molar-refractivity contribution in [3.05, 3.63) is 0 Å². The number of aliphatic imine (C=N–C) groups is 1. The molecule has 0 aromatic rings. The maximum atomic E-state index is 12.2. The number of hydrogen-bond acceptors (Lipinski definition) is 4. The molecule has 0 radical (unpaired) electrons. The number of aliphatic hydroxyl groups excluding tert-OH is 1. The first-order chi connectivity index (χ1) is 12.6. The fraction of sp³-hybridized carbons (Fsp3) is 0.900. The van der Waals surface area contributed by atoms with Crippen LogP contribution < -0.4 is 10.6 Å². The number of carbonyl (C=O) groups is 1. The van der Waals surface area contributed by atoms with Gasteiger partial charge in [0.2, 0.25) is 0 Å². The lowest BCUT2D eigenvalue weighted by molar-refractivity contribution is 0.0264. The van der Waals surface area contributed by atoms with Gasteiger partial charge in [-0.05, 0) is 59.3 Å². The van der Waals surface area contributed by atoms with E-state index in [0.717, 1.165) is 25.3 Å². The van der Waals surface area contributed by atoms with Crippen LogP contribution in [0.2, 0.25) is 0 Å². The second-order valence-electron chi connectivity index (χ2n) is 8.21. The summed E-state index contributed by atoms with van der Waals surface area (Å²) in [5.41, 5.74) is -0.494. The topological polar surface area (TPSA) is 86.2 Å². The summed E-state index contributed by atoms with van der Waals surface area (Å²) in [5, 5.41) is 15.8. The Bertz CT molecular complexity index is 440. The van der Waals surface area contributed by atoms with E-state index in [2.05, 4.69) is 29.5 Å². The van der Waals surface area contributed by atoms with E-state index in [0.29, 0.717) is 38.0 Å². The van der Waals surface area contributed by atoms with Crippen molar-refractivity contribution in [2.24, 2.45) is 16.8 Å². The van der Waals surface area contributed by atoms with Gasteiger partial charge in [-0.15, -0.1) is 24.0 Å². The van der Waals surface area contributed by atoms with Crippen molar-refractivity contribution in [2.45, 2.75) is 66.9 Å². The average molecular weight is 514 g/mol. The van der Waals surface area contributed by atoms with Crippen molar-refractivity contribution in [1.82, 2.24) is 15.5 Å². The molecule has 0 aromatic carbocycles. The van der Waals surface area contributed by atoms with Crippen LogP contribution in [0, 0.1) is 11.8 Å². The van der Waals surface area contributed by atoms with E-state index in [4.69, 9.17) is 4.74 Å². The summed E-state index contributed by atoms with van der Waals surface area (Å²) in [6.07, 6.45) is 1.52. The van der Waals surface area contributed by atoms with Gasteiger partial charge in [-0.3, -0.25) is 4.99 Å². The Kier molecular flexibility index (Phi) is 16.9. The summed E-state index contributed by atoms with van der Waals surface area (Å²) in [7, 11) is 0. The summed E-state index contributed by atoms with van der Waals surface area (Å²) >= 11 is 0. The van der Waals surface area contributed by atoms with E-state index >= 15 is 0 Å². The largest absolute Gasteiger partial charge is 0.444 e. The summed E-state index contributed by atoms with van der Waals surface area (Å²) in [5.74, 6) is 1.70. The van der Waals surface area contributed by atoms with Gasteiger partial charge in [0.1, 0.15) is 5.60 Å². The molecule has 0 fully saturated rings. The number of likely N-dealkylation sites (N-methyl/N-ethyl adjacent to an activating group) is 1. The van der Waals surface area contributed by atoms with E-state index in [9.17, 15) is 9.90 Å². The van der Waals surface area contributed by atoms with E-state index in [-0.39, 0.29) is 36.7 Å². The zero-order valence-corrected chi connectivity index (χ0v) is 21.2. The fourth-order valence-electron chi connectivity index (χ4n) is 2.71. The highest BCUT2D eigenvalue weighted by Crippen LogP contribution is 2.15. The average Bonchev–Trinajstić information content (AvgIpc) is 2.54. The van der Waals surface area contributed by atoms with Crippen LogP contribution in [0.25, 0.3) is 0 Å². The van der Waals surface area contributed by atoms with Crippen LogP contribution in [0.1, 0.15) is 61.3 Å². The molecule has 3 N–H and O–H groups in total. The first-order valence-electron chi connectivity index (χ1n) is 10.2. The third-order valence-corrected chi connectivity index (χ3v) is 3.90. The van der Waals surface area contributed by atoms with Crippen LogP contribution in [0.3, 0.4) is 0 Å². The molecule has 0 rings (SSSR count). The number of amides is 1. The van der Waals surface area contributed by atoms with Gasteiger partial charge in [0.15, 0.2) is 5.96 Å². The molecule has 0 heterocycles. The molecule has 1 atom stereocenters. The smallest absolute Gasteiger partial charge is 0.410 e. The minimum Gasteiger partial charge on any atom is -0.444 e. The highest BCUT2D eigenvalue weighted by atomic mass is 127. The number of nitrogens with zero attached hydrogens (tertiary/aromatic N) is 2. The second-order valence-corrected chi connectivity index (χ2v) is 8.21. The highest BCUT2D eigenvalue weighted by Gasteiger charge is 2.20. The van der Waals surface area contributed by atoms with Gasteiger partial charge in [0.05, 0.1) is 0 Å². The predicted molar refractivity (Wildman–Crippen MR) is 128 cm³/mol. The van der Waals surface area contributed by atoms with Gasteiger partial charge in [-0.25, -0.2) is 4.79 Å². The van der Waals surface area contributed by atoms with Crippen LogP contribution in [0.4, 0.5) is 4.79 Å². The standard InChI is InChI=1S/C20H42N4O3.HI/c1-8-21-18(23-15-17(10-13-25)14-16(3)4)22-11-12-24(9-2)19(26)27-20(5,6)7;/h16-17,25H,8-15H2,1-7H3,(H2,21,22,23);1H. The van der Waals surface area contributed by atoms with Crippen molar-refractivity contribution in [1.29, 1.82) is 0 Å². The molecule has 168 valence electrons. The van der Waals surface area contributed by atoms with Crippen molar-refractivity contribution < 1.29 is 14.6 Å².